The maximum absolute atomic E-state index is 4.13. The molecule has 0 radical (unpaired) electrons. The van der Waals surface area contributed by atoms with Crippen LogP contribution in [0.25, 0.3) is 0 Å². The van der Waals surface area contributed by atoms with E-state index in [-0.39, 0.29) is 0 Å². The van der Waals surface area contributed by atoms with Crippen LogP contribution in [0.2, 0.25) is 0 Å². The molecule has 0 spiro atoms. The first kappa shape index (κ1) is 24.0. The zero-order valence-electron chi connectivity index (χ0n) is 19.6. The Labute approximate surface area is 166 Å². The van der Waals surface area contributed by atoms with Crippen molar-refractivity contribution < 1.29 is 0 Å². The van der Waals surface area contributed by atoms with Gasteiger partial charge in [0.1, 0.15) is 0 Å². The van der Waals surface area contributed by atoms with Gasteiger partial charge in [-0.15, -0.1) is 0 Å². The van der Waals surface area contributed by atoms with Gasteiger partial charge in [-0.25, -0.2) is 0 Å². The molecule has 7 atom stereocenters. The fourth-order valence-corrected chi connectivity index (χ4v) is 4.98. The summed E-state index contributed by atoms with van der Waals surface area (Å²) in [4.78, 5) is 0. The number of nitrogens with one attached hydrogen (secondary N) is 1. The molecule has 1 aliphatic carbocycles. The van der Waals surface area contributed by atoms with Gasteiger partial charge in [-0.2, -0.15) is 0 Å². The molecule has 1 rings (SSSR count). The molecule has 1 fully saturated rings. The summed E-state index contributed by atoms with van der Waals surface area (Å²) in [5.74, 6) is 6.07. The molecule has 1 nitrogen and oxygen atoms in total. The standard InChI is InChI=1S/C25H51N/c1-10-12-13-14-25(20(8)17(3)4)26-21(9)23(18(5)6)15-22-16-24(22)19(7)11-2/h17-26H,10-16H2,1-9H3. The van der Waals surface area contributed by atoms with Crippen LogP contribution < -0.4 is 5.32 Å². The van der Waals surface area contributed by atoms with E-state index in [0.717, 1.165) is 41.4 Å². The lowest BCUT2D eigenvalue weighted by Crippen LogP contribution is -2.46. The smallest absolute Gasteiger partial charge is 0.00977 e. The van der Waals surface area contributed by atoms with Crippen LogP contribution in [-0.4, -0.2) is 12.1 Å². The molecule has 0 saturated heterocycles. The number of rotatable bonds is 14. The topological polar surface area (TPSA) is 12.0 Å². The normalized spacial score (nSPS) is 26.0. The van der Waals surface area contributed by atoms with E-state index in [2.05, 4.69) is 67.6 Å². The van der Waals surface area contributed by atoms with Crippen molar-refractivity contribution in [2.45, 2.75) is 119 Å². The number of hydrogen-bond donors (Lipinski definition) is 1. The quantitative estimate of drug-likeness (QED) is 0.313. The van der Waals surface area contributed by atoms with Gasteiger partial charge in [-0.05, 0) is 67.6 Å². The van der Waals surface area contributed by atoms with E-state index in [9.17, 15) is 0 Å². The fourth-order valence-electron chi connectivity index (χ4n) is 4.98. The summed E-state index contributed by atoms with van der Waals surface area (Å²) in [5, 5.41) is 4.13. The van der Waals surface area contributed by atoms with Gasteiger partial charge in [0.15, 0.2) is 0 Å². The van der Waals surface area contributed by atoms with Gasteiger partial charge in [0.2, 0.25) is 0 Å². The third-order valence-electron chi connectivity index (χ3n) is 7.71. The fraction of sp³-hybridized carbons (Fsp3) is 1.00. The van der Waals surface area contributed by atoms with Crippen molar-refractivity contribution in [2.24, 2.45) is 41.4 Å². The van der Waals surface area contributed by atoms with Gasteiger partial charge in [-0.3, -0.25) is 0 Å². The van der Waals surface area contributed by atoms with Crippen LogP contribution in [0.3, 0.4) is 0 Å². The molecule has 156 valence electrons. The van der Waals surface area contributed by atoms with Gasteiger partial charge >= 0.3 is 0 Å². The zero-order valence-corrected chi connectivity index (χ0v) is 19.6. The molecular weight excluding hydrogens is 314 g/mol. The summed E-state index contributed by atoms with van der Waals surface area (Å²) in [6.07, 6.45) is 9.72. The zero-order chi connectivity index (χ0) is 19.9. The molecule has 1 saturated carbocycles. The van der Waals surface area contributed by atoms with Crippen molar-refractivity contribution >= 4 is 0 Å². The summed E-state index contributed by atoms with van der Waals surface area (Å²) >= 11 is 0. The van der Waals surface area contributed by atoms with E-state index in [1.807, 2.05) is 0 Å². The van der Waals surface area contributed by atoms with Crippen LogP contribution in [0.5, 0.6) is 0 Å². The average Bonchev–Trinajstić information content (AvgIpc) is 3.36. The van der Waals surface area contributed by atoms with Crippen LogP contribution in [0.1, 0.15) is 107 Å². The summed E-state index contributed by atoms with van der Waals surface area (Å²) in [5.41, 5.74) is 0. The third kappa shape index (κ3) is 7.53. The molecule has 0 aromatic heterocycles. The van der Waals surface area contributed by atoms with Crippen molar-refractivity contribution in [3.05, 3.63) is 0 Å². The van der Waals surface area contributed by atoms with Crippen LogP contribution >= 0.6 is 0 Å². The van der Waals surface area contributed by atoms with E-state index in [0.29, 0.717) is 12.1 Å². The second-order valence-electron chi connectivity index (χ2n) is 10.3. The molecule has 0 aromatic carbocycles. The Balaban J connectivity index is 2.65. The lowest BCUT2D eigenvalue weighted by Gasteiger charge is -2.36. The highest BCUT2D eigenvalue weighted by molar-refractivity contribution is 4.93. The third-order valence-corrected chi connectivity index (χ3v) is 7.71. The van der Waals surface area contributed by atoms with Crippen LogP contribution in [0.4, 0.5) is 0 Å². The second-order valence-corrected chi connectivity index (χ2v) is 10.3. The largest absolute Gasteiger partial charge is 0.311 e. The molecule has 0 bridgehead atoms. The number of hydrogen-bond acceptors (Lipinski definition) is 1. The Morgan fingerprint density at radius 1 is 0.885 bits per heavy atom. The van der Waals surface area contributed by atoms with Crippen LogP contribution in [-0.2, 0) is 0 Å². The predicted molar refractivity (Wildman–Crippen MR) is 119 cm³/mol. The molecular formula is C25H51N. The molecule has 1 N–H and O–H groups in total. The first-order valence-electron chi connectivity index (χ1n) is 12.0. The predicted octanol–water partition coefficient (Wildman–Crippen LogP) is 7.55. The van der Waals surface area contributed by atoms with Gasteiger partial charge in [0, 0.05) is 12.1 Å². The molecule has 0 amide bonds. The minimum atomic E-state index is 0.640. The molecule has 26 heavy (non-hydrogen) atoms. The second kappa shape index (κ2) is 11.7. The number of unbranched alkanes of at least 4 members (excludes halogenated alkanes) is 2. The Kier molecular flexibility index (Phi) is 10.8. The molecule has 0 aliphatic heterocycles. The van der Waals surface area contributed by atoms with Crippen molar-refractivity contribution in [3.8, 4) is 0 Å². The first-order chi connectivity index (χ1) is 12.2. The van der Waals surface area contributed by atoms with E-state index in [1.54, 1.807) is 0 Å². The van der Waals surface area contributed by atoms with E-state index < -0.39 is 0 Å². The van der Waals surface area contributed by atoms with E-state index in [1.165, 1.54) is 44.9 Å². The van der Waals surface area contributed by atoms with E-state index >= 15 is 0 Å². The van der Waals surface area contributed by atoms with Crippen LogP contribution in [0, 0.1) is 41.4 Å². The highest BCUT2D eigenvalue weighted by atomic mass is 15.0. The summed E-state index contributed by atoms with van der Waals surface area (Å²) in [6.45, 7) is 21.8. The maximum Gasteiger partial charge on any atom is 0.00977 e. The first-order valence-corrected chi connectivity index (χ1v) is 12.0. The van der Waals surface area contributed by atoms with Crippen molar-refractivity contribution in [1.29, 1.82) is 0 Å². The minimum Gasteiger partial charge on any atom is -0.311 e. The Hall–Kier alpha value is -0.0400. The molecule has 1 heteroatoms. The average molecular weight is 366 g/mol. The molecule has 7 unspecified atom stereocenters. The van der Waals surface area contributed by atoms with Gasteiger partial charge < -0.3 is 5.32 Å². The highest BCUT2D eigenvalue weighted by Crippen LogP contribution is 2.50. The highest BCUT2D eigenvalue weighted by Gasteiger charge is 2.42. The van der Waals surface area contributed by atoms with Crippen molar-refractivity contribution in [2.75, 3.05) is 0 Å². The monoisotopic (exact) mass is 365 g/mol. The SMILES string of the molecule is CCCCCC(NC(C)C(CC1CC1C(C)CC)C(C)C)C(C)C(C)C. The lowest BCUT2D eigenvalue weighted by molar-refractivity contribution is 0.196. The van der Waals surface area contributed by atoms with E-state index in [4.69, 9.17) is 0 Å². The maximum atomic E-state index is 4.13. The Morgan fingerprint density at radius 3 is 2.04 bits per heavy atom. The Morgan fingerprint density at radius 2 is 1.54 bits per heavy atom. The van der Waals surface area contributed by atoms with Crippen molar-refractivity contribution in [1.82, 2.24) is 5.32 Å². The molecule has 1 aliphatic rings. The lowest BCUT2D eigenvalue weighted by atomic mass is 9.81. The summed E-state index contributed by atoms with van der Waals surface area (Å²) in [7, 11) is 0. The minimum absolute atomic E-state index is 0.640. The van der Waals surface area contributed by atoms with Gasteiger partial charge in [0.05, 0.1) is 0 Å². The summed E-state index contributed by atoms with van der Waals surface area (Å²) in [6, 6.07) is 1.32. The molecule has 0 aromatic rings. The van der Waals surface area contributed by atoms with Gasteiger partial charge in [-0.1, -0.05) is 81.1 Å². The summed E-state index contributed by atoms with van der Waals surface area (Å²) < 4.78 is 0. The van der Waals surface area contributed by atoms with Crippen molar-refractivity contribution in [3.63, 3.8) is 0 Å². The van der Waals surface area contributed by atoms with Gasteiger partial charge in [0.25, 0.3) is 0 Å². The molecule has 0 heterocycles. The van der Waals surface area contributed by atoms with Crippen LogP contribution in [0.15, 0.2) is 0 Å². The Bertz CT molecular complexity index is 361.